The number of halogens is 1. The topological polar surface area (TPSA) is 27.7 Å². The van der Waals surface area contributed by atoms with Gasteiger partial charge in [-0.2, -0.15) is 0 Å². The first-order valence-electron chi connectivity index (χ1n) is 6.43. The Kier molecular flexibility index (Phi) is 4.31. The van der Waals surface area contributed by atoms with Gasteiger partial charge in [0.2, 0.25) is 0 Å². The van der Waals surface area contributed by atoms with Gasteiger partial charge in [0, 0.05) is 4.47 Å². The van der Waals surface area contributed by atoms with Crippen LogP contribution in [0.5, 0.6) is 0 Å². The minimum Gasteiger partial charge on any atom is -0.451 e. The third-order valence-corrected chi connectivity index (χ3v) is 3.71. The van der Waals surface area contributed by atoms with Crippen molar-refractivity contribution in [3.8, 4) is 0 Å². The van der Waals surface area contributed by atoms with E-state index in [2.05, 4.69) is 22.9 Å². The zero-order valence-electron chi connectivity index (χ0n) is 11.1. The van der Waals surface area contributed by atoms with Crippen LogP contribution in [0.4, 0.5) is 0 Å². The van der Waals surface area contributed by atoms with E-state index in [1.807, 2.05) is 48.5 Å². The first-order chi connectivity index (χ1) is 9.72. The molecule has 0 radical (unpaired) electrons. The molecular weight excluding hydrogens is 316 g/mol. The molecule has 0 saturated carbocycles. The standard InChI is InChI=1S/C13H12B3BrO3/c1-10-2-4-11(5-3-10)15-18-14-19-16(20-15)12-6-8-13(17)9-7-12/h2-9,14H,1H3. The highest BCUT2D eigenvalue weighted by Crippen LogP contribution is 2.09. The average Bonchev–Trinajstić information content (AvgIpc) is 2.49. The van der Waals surface area contributed by atoms with Crippen molar-refractivity contribution in [3.05, 3.63) is 58.6 Å². The number of rotatable bonds is 2. The first-order valence-corrected chi connectivity index (χ1v) is 7.22. The Morgan fingerprint density at radius 2 is 1.35 bits per heavy atom. The van der Waals surface area contributed by atoms with Gasteiger partial charge in [-0.15, -0.1) is 0 Å². The molecule has 1 saturated heterocycles. The first kappa shape index (κ1) is 14.0. The number of benzene rings is 2. The highest BCUT2D eigenvalue weighted by Gasteiger charge is 2.35. The second-order valence-corrected chi connectivity index (χ2v) is 5.63. The lowest BCUT2D eigenvalue weighted by atomic mass is 9.67. The van der Waals surface area contributed by atoms with Crippen molar-refractivity contribution < 1.29 is 13.7 Å². The van der Waals surface area contributed by atoms with Crippen molar-refractivity contribution in [1.29, 1.82) is 0 Å². The molecule has 20 heavy (non-hydrogen) atoms. The van der Waals surface area contributed by atoms with E-state index in [0.29, 0.717) is 0 Å². The van der Waals surface area contributed by atoms with Crippen LogP contribution in [0, 0.1) is 6.92 Å². The van der Waals surface area contributed by atoms with Crippen molar-refractivity contribution in [2.75, 3.05) is 0 Å². The van der Waals surface area contributed by atoms with Crippen LogP contribution in [-0.4, -0.2) is 21.9 Å². The Morgan fingerprint density at radius 1 is 0.850 bits per heavy atom. The Hall–Kier alpha value is -1.01. The number of hydrogen-bond acceptors (Lipinski definition) is 3. The molecule has 1 heterocycles. The molecule has 2 aromatic rings. The molecule has 2 aromatic carbocycles. The molecule has 0 amide bonds. The molecule has 0 spiro atoms. The van der Waals surface area contributed by atoms with Gasteiger partial charge in [-0.25, -0.2) is 0 Å². The van der Waals surface area contributed by atoms with Crippen LogP contribution in [0.15, 0.2) is 53.0 Å². The summed E-state index contributed by atoms with van der Waals surface area (Å²) in [6, 6.07) is 16.0. The van der Waals surface area contributed by atoms with Gasteiger partial charge in [-0.3, -0.25) is 0 Å². The summed E-state index contributed by atoms with van der Waals surface area (Å²) >= 11 is 3.42. The van der Waals surface area contributed by atoms with Crippen molar-refractivity contribution in [2.24, 2.45) is 0 Å². The maximum absolute atomic E-state index is 5.88. The van der Waals surface area contributed by atoms with Gasteiger partial charge in [0.1, 0.15) is 0 Å². The van der Waals surface area contributed by atoms with Crippen LogP contribution in [0.1, 0.15) is 5.56 Å². The average molecular weight is 329 g/mol. The van der Waals surface area contributed by atoms with Crippen molar-refractivity contribution >= 4 is 48.8 Å². The van der Waals surface area contributed by atoms with E-state index in [1.54, 1.807) is 0 Å². The minimum absolute atomic E-state index is 0.222. The van der Waals surface area contributed by atoms with Gasteiger partial charge in [-0.1, -0.05) is 57.9 Å². The van der Waals surface area contributed by atoms with Crippen molar-refractivity contribution in [1.82, 2.24) is 0 Å². The van der Waals surface area contributed by atoms with Gasteiger partial charge in [-0.05, 0) is 30.0 Å². The molecule has 98 valence electrons. The molecule has 1 fully saturated rings. The van der Waals surface area contributed by atoms with Gasteiger partial charge in [0.05, 0.1) is 0 Å². The van der Waals surface area contributed by atoms with E-state index < -0.39 is 14.2 Å². The molecule has 0 N–H and O–H groups in total. The van der Waals surface area contributed by atoms with E-state index >= 15 is 0 Å². The monoisotopic (exact) mass is 328 g/mol. The fourth-order valence-corrected chi connectivity index (χ4v) is 2.31. The van der Waals surface area contributed by atoms with Gasteiger partial charge in [0.25, 0.3) is 0 Å². The van der Waals surface area contributed by atoms with Crippen LogP contribution >= 0.6 is 15.9 Å². The van der Waals surface area contributed by atoms with E-state index in [4.69, 9.17) is 13.7 Å². The van der Waals surface area contributed by atoms with Crippen LogP contribution in [0.2, 0.25) is 0 Å². The summed E-state index contributed by atoms with van der Waals surface area (Å²) in [4.78, 5) is 0. The zero-order chi connectivity index (χ0) is 13.9. The maximum atomic E-state index is 5.88. The second-order valence-electron chi connectivity index (χ2n) is 4.71. The van der Waals surface area contributed by atoms with Crippen molar-refractivity contribution in [2.45, 2.75) is 6.92 Å². The van der Waals surface area contributed by atoms with Gasteiger partial charge >= 0.3 is 21.9 Å². The number of hydrogen-bond donors (Lipinski definition) is 0. The predicted octanol–water partition coefficient (Wildman–Crippen LogP) is 1.18. The Bertz CT molecular complexity index is 525. The Labute approximate surface area is 128 Å². The summed E-state index contributed by atoms with van der Waals surface area (Å²) in [5, 5.41) is 0. The summed E-state index contributed by atoms with van der Waals surface area (Å²) in [5.41, 5.74) is 3.19. The van der Waals surface area contributed by atoms with Crippen LogP contribution in [0.3, 0.4) is 0 Å². The van der Waals surface area contributed by atoms with Crippen LogP contribution < -0.4 is 10.9 Å². The summed E-state index contributed by atoms with van der Waals surface area (Å²) in [6.45, 7) is 2.06. The molecule has 1 aliphatic rings. The van der Waals surface area contributed by atoms with Gasteiger partial charge in [0.15, 0.2) is 0 Å². The summed E-state index contributed by atoms with van der Waals surface area (Å²) in [6.07, 6.45) is 0. The smallest absolute Gasteiger partial charge is 0.451 e. The van der Waals surface area contributed by atoms with E-state index in [-0.39, 0.29) is 7.69 Å². The molecule has 0 aromatic heterocycles. The fraction of sp³-hybridized carbons (Fsp3) is 0.0769. The molecule has 0 aliphatic carbocycles. The molecule has 0 bridgehead atoms. The number of aryl methyl sites for hydroxylation is 1. The highest BCUT2D eigenvalue weighted by molar-refractivity contribution is 9.10. The highest BCUT2D eigenvalue weighted by atomic mass is 79.9. The molecule has 3 rings (SSSR count). The van der Waals surface area contributed by atoms with Crippen LogP contribution in [-0.2, 0) is 13.7 Å². The van der Waals surface area contributed by atoms with Gasteiger partial charge < -0.3 is 13.7 Å². The lowest BCUT2D eigenvalue weighted by molar-refractivity contribution is 0.321. The molecule has 3 nitrogen and oxygen atoms in total. The summed E-state index contributed by atoms with van der Waals surface area (Å²) in [7, 11) is -0.569. The molecular formula is C13H12B3BrO3. The van der Waals surface area contributed by atoms with E-state index in [1.165, 1.54) is 5.56 Å². The largest absolute Gasteiger partial charge is 0.466 e. The minimum atomic E-state index is -0.400. The second kappa shape index (κ2) is 6.18. The van der Waals surface area contributed by atoms with Crippen LogP contribution in [0.25, 0.3) is 0 Å². The summed E-state index contributed by atoms with van der Waals surface area (Å²) < 4.78 is 18.0. The van der Waals surface area contributed by atoms with E-state index in [9.17, 15) is 0 Å². The third-order valence-electron chi connectivity index (χ3n) is 3.18. The Morgan fingerprint density at radius 3 is 1.90 bits per heavy atom. The summed E-state index contributed by atoms with van der Waals surface area (Å²) in [5.74, 6) is 0. The fourth-order valence-electron chi connectivity index (χ4n) is 2.05. The molecule has 0 atom stereocenters. The molecule has 0 unspecified atom stereocenters. The van der Waals surface area contributed by atoms with E-state index in [0.717, 1.165) is 15.4 Å². The third kappa shape index (κ3) is 3.18. The molecule has 7 heteroatoms. The quantitative estimate of drug-likeness (QED) is 0.775. The lowest BCUT2D eigenvalue weighted by Crippen LogP contribution is -2.54. The SMILES string of the molecule is Cc1ccc(B2OBOB(c3ccc(Br)cc3)O2)cc1. The zero-order valence-corrected chi connectivity index (χ0v) is 12.7. The maximum Gasteiger partial charge on any atom is 0.466 e. The predicted molar refractivity (Wildman–Crippen MR) is 86.5 cm³/mol. The lowest BCUT2D eigenvalue weighted by Gasteiger charge is -2.26. The molecule has 1 aliphatic heterocycles. The Balaban J connectivity index is 1.76. The van der Waals surface area contributed by atoms with Crippen molar-refractivity contribution in [3.63, 3.8) is 0 Å². The normalized spacial score (nSPS) is 15.1.